The molecule has 1 aromatic heterocycles. The molecule has 1 atom stereocenters. The first kappa shape index (κ1) is 16.4. The molecule has 2 aliphatic rings. The summed E-state index contributed by atoms with van der Waals surface area (Å²) in [5, 5.41) is 0. The minimum absolute atomic E-state index is 0.291. The van der Waals surface area contributed by atoms with Crippen molar-refractivity contribution in [1.82, 2.24) is 14.5 Å². The van der Waals surface area contributed by atoms with Gasteiger partial charge in [0.15, 0.2) is 0 Å². The molecule has 0 radical (unpaired) electrons. The molecule has 1 saturated heterocycles. The number of carbonyl (C=O) groups is 1. The van der Waals surface area contributed by atoms with Gasteiger partial charge in [0.1, 0.15) is 5.82 Å². The molecule has 2 fully saturated rings. The van der Waals surface area contributed by atoms with Crippen LogP contribution in [0.5, 0.6) is 0 Å². The molecule has 132 valence electrons. The van der Waals surface area contributed by atoms with E-state index in [4.69, 9.17) is 0 Å². The van der Waals surface area contributed by atoms with E-state index < -0.39 is 0 Å². The standard InChI is InChI=1S/C21H27N3O/c1-16-14-22-21(18-10-11-18)24(16)19-8-5-13-23(15-19)20(25)12-9-17-6-3-2-4-7-17/h2-4,6-7,14,18-19H,5,8-13,15H2,1H3. The smallest absolute Gasteiger partial charge is 0.222 e. The van der Waals surface area contributed by atoms with Gasteiger partial charge >= 0.3 is 0 Å². The highest BCUT2D eigenvalue weighted by Gasteiger charge is 2.33. The number of aromatic nitrogens is 2. The zero-order valence-electron chi connectivity index (χ0n) is 15.0. The molecule has 0 N–H and O–H groups in total. The van der Waals surface area contributed by atoms with Crippen molar-refractivity contribution >= 4 is 5.91 Å². The van der Waals surface area contributed by atoms with Crippen molar-refractivity contribution < 1.29 is 4.79 Å². The quantitative estimate of drug-likeness (QED) is 0.831. The minimum Gasteiger partial charge on any atom is -0.341 e. The number of piperidine rings is 1. The monoisotopic (exact) mass is 337 g/mol. The SMILES string of the molecule is Cc1cnc(C2CC2)n1C1CCCN(C(=O)CCc2ccccc2)C1. The van der Waals surface area contributed by atoms with E-state index in [0.29, 0.717) is 24.3 Å². The Balaban J connectivity index is 1.41. The van der Waals surface area contributed by atoms with Crippen LogP contribution >= 0.6 is 0 Å². The number of likely N-dealkylation sites (tertiary alicyclic amines) is 1. The van der Waals surface area contributed by atoms with Crippen LogP contribution in [-0.4, -0.2) is 33.4 Å². The van der Waals surface area contributed by atoms with E-state index in [2.05, 4.69) is 33.5 Å². The molecule has 25 heavy (non-hydrogen) atoms. The second kappa shape index (κ2) is 7.03. The molecule has 1 unspecified atom stereocenters. The lowest BCUT2D eigenvalue weighted by molar-refractivity contribution is -0.132. The molecular weight excluding hydrogens is 310 g/mol. The van der Waals surface area contributed by atoms with Gasteiger partial charge in [-0.3, -0.25) is 4.79 Å². The Hall–Kier alpha value is -2.10. The molecule has 0 bridgehead atoms. The molecule has 2 aromatic rings. The van der Waals surface area contributed by atoms with Crippen molar-refractivity contribution in [2.24, 2.45) is 0 Å². The maximum atomic E-state index is 12.7. The number of aryl methyl sites for hydroxylation is 2. The fraction of sp³-hybridized carbons (Fsp3) is 0.524. The first-order valence-electron chi connectivity index (χ1n) is 9.58. The summed E-state index contributed by atoms with van der Waals surface area (Å²) in [5.74, 6) is 2.19. The van der Waals surface area contributed by atoms with Gasteiger partial charge in [-0.1, -0.05) is 30.3 Å². The first-order valence-corrected chi connectivity index (χ1v) is 9.58. The van der Waals surface area contributed by atoms with Crippen molar-refractivity contribution in [1.29, 1.82) is 0 Å². The van der Waals surface area contributed by atoms with Crippen LogP contribution in [0.1, 0.15) is 61.1 Å². The van der Waals surface area contributed by atoms with Crippen LogP contribution in [0.2, 0.25) is 0 Å². The molecule has 1 aliphatic carbocycles. The average molecular weight is 337 g/mol. The van der Waals surface area contributed by atoms with Crippen LogP contribution in [0.3, 0.4) is 0 Å². The summed E-state index contributed by atoms with van der Waals surface area (Å²) in [6, 6.07) is 10.7. The molecule has 1 aromatic carbocycles. The van der Waals surface area contributed by atoms with Gasteiger partial charge in [-0.2, -0.15) is 0 Å². The molecule has 1 saturated carbocycles. The number of amides is 1. The second-order valence-corrected chi connectivity index (χ2v) is 7.52. The molecule has 0 spiro atoms. The summed E-state index contributed by atoms with van der Waals surface area (Å²) in [5.41, 5.74) is 2.48. The number of hydrogen-bond acceptors (Lipinski definition) is 2. The molecule has 1 amide bonds. The Morgan fingerprint density at radius 2 is 2.00 bits per heavy atom. The van der Waals surface area contributed by atoms with Crippen LogP contribution in [0.15, 0.2) is 36.5 Å². The van der Waals surface area contributed by atoms with Crippen LogP contribution in [-0.2, 0) is 11.2 Å². The third kappa shape index (κ3) is 3.63. The zero-order valence-corrected chi connectivity index (χ0v) is 15.0. The van der Waals surface area contributed by atoms with Crippen molar-refractivity contribution in [3.8, 4) is 0 Å². The van der Waals surface area contributed by atoms with E-state index >= 15 is 0 Å². The Morgan fingerprint density at radius 1 is 1.20 bits per heavy atom. The first-order chi connectivity index (χ1) is 12.2. The second-order valence-electron chi connectivity index (χ2n) is 7.52. The normalized spacial score (nSPS) is 20.7. The van der Waals surface area contributed by atoms with Crippen LogP contribution in [0.4, 0.5) is 0 Å². The number of rotatable bonds is 5. The Kier molecular flexibility index (Phi) is 4.60. The predicted octanol–water partition coefficient (Wildman–Crippen LogP) is 3.87. The van der Waals surface area contributed by atoms with Gasteiger partial charge in [0.2, 0.25) is 5.91 Å². The van der Waals surface area contributed by atoms with Crippen molar-refractivity contribution in [2.45, 2.75) is 57.4 Å². The van der Waals surface area contributed by atoms with E-state index in [1.54, 1.807) is 0 Å². The topological polar surface area (TPSA) is 38.1 Å². The molecule has 4 heteroatoms. The van der Waals surface area contributed by atoms with Gasteiger partial charge < -0.3 is 9.47 Å². The maximum Gasteiger partial charge on any atom is 0.222 e. The Labute approximate surface area is 149 Å². The van der Waals surface area contributed by atoms with Crippen LogP contribution < -0.4 is 0 Å². The van der Waals surface area contributed by atoms with E-state index in [-0.39, 0.29) is 0 Å². The fourth-order valence-corrected chi connectivity index (χ4v) is 4.03. The van der Waals surface area contributed by atoms with Gasteiger partial charge in [0.05, 0.1) is 6.04 Å². The van der Waals surface area contributed by atoms with Gasteiger partial charge in [0.25, 0.3) is 0 Å². The van der Waals surface area contributed by atoms with Crippen molar-refractivity contribution in [2.75, 3.05) is 13.1 Å². The molecule has 4 rings (SSSR count). The fourth-order valence-electron chi connectivity index (χ4n) is 4.03. The lowest BCUT2D eigenvalue weighted by atomic mass is 10.0. The van der Waals surface area contributed by atoms with Gasteiger partial charge in [-0.05, 0) is 44.6 Å². The lowest BCUT2D eigenvalue weighted by Crippen LogP contribution is -2.41. The Morgan fingerprint density at radius 3 is 2.76 bits per heavy atom. The van der Waals surface area contributed by atoms with E-state index in [1.165, 1.54) is 29.9 Å². The molecule has 1 aliphatic heterocycles. The number of carbonyl (C=O) groups excluding carboxylic acids is 1. The third-order valence-corrected chi connectivity index (χ3v) is 5.54. The van der Waals surface area contributed by atoms with Crippen LogP contribution in [0.25, 0.3) is 0 Å². The maximum absolute atomic E-state index is 12.7. The van der Waals surface area contributed by atoms with Crippen LogP contribution in [0, 0.1) is 6.92 Å². The summed E-state index contributed by atoms with van der Waals surface area (Å²) in [6.07, 6.45) is 8.21. The minimum atomic E-state index is 0.291. The highest BCUT2D eigenvalue weighted by Crippen LogP contribution is 2.41. The van der Waals surface area contributed by atoms with Gasteiger partial charge in [-0.25, -0.2) is 4.98 Å². The summed E-state index contributed by atoms with van der Waals surface area (Å²) >= 11 is 0. The van der Waals surface area contributed by atoms with E-state index in [9.17, 15) is 4.79 Å². The number of nitrogens with zero attached hydrogens (tertiary/aromatic N) is 3. The van der Waals surface area contributed by atoms with Gasteiger partial charge in [0, 0.05) is 37.3 Å². The van der Waals surface area contributed by atoms with Crippen molar-refractivity contribution in [3.05, 3.63) is 53.6 Å². The largest absolute Gasteiger partial charge is 0.341 e. The number of benzene rings is 1. The highest BCUT2D eigenvalue weighted by molar-refractivity contribution is 5.76. The number of hydrogen-bond donors (Lipinski definition) is 0. The summed E-state index contributed by atoms with van der Waals surface area (Å²) in [7, 11) is 0. The van der Waals surface area contributed by atoms with E-state index in [0.717, 1.165) is 32.4 Å². The summed E-state index contributed by atoms with van der Waals surface area (Å²) in [6.45, 7) is 3.89. The molecular formula is C21H27N3O. The zero-order chi connectivity index (χ0) is 17.2. The summed E-state index contributed by atoms with van der Waals surface area (Å²) < 4.78 is 2.42. The Bertz CT molecular complexity index is 733. The molecule has 2 heterocycles. The third-order valence-electron chi connectivity index (χ3n) is 5.54. The summed E-state index contributed by atoms with van der Waals surface area (Å²) in [4.78, 5) is 19.4. The predicted molar refractivity (Wildman–Crippen MR) is 98.6 cm³/mol. The number of imidazole rings is 1. The van der Waals surface area contributed by atoms with E-state index in [1.807, 2.05) is 24.4 Å². The lowest BCUT2D eigenvalue weighted by Gasteiger charge is -2.35. The highest BCUT2D eigenvalue weighted by atomic mass is 16.2. The van der Waals surface area contributed by atoms with Gasteiger partial charge in [-0.15, -0.1) is 0 Å². The van der Waals surface area contributed by atoms with Crippen molar-refractivity contribution in [3.63, 3.8) is 0 Å². The molecule has 4 nitrogen and oxygen atoms in total. The average Bonchev–Trinajstić information content (AvgIpc) is 3.42.